The monoisotopic (exact) mass is 382 g/mol. The number of halogens is 1. The van der Waals surface area contributed by atoms with E-state index in [9.17, 15) is 4.79 Å². The molecule has 0 aliphatic carbocycles. The Balaban J connectivity index is 1.42. The first-order valence-electron chi connectivity index (χ1n) is 8.76. The van der Waals surface area contributed by atoms with Gasteiger partial charge in [0.2, 0.25) is 0 Å². The maximum absolute atomic E-state index is 12.8. The Morgan fingerprint density at radius 1 is 1.04 bits per heavy atom. The Morgan fingerprint density at radius 2 is 1.73 bits per heavy atom. The standard InChI is InChI=1S/C21H19ClN2OS/c22-18-8-6-17(7-9-18)20-23-19(14-26-20)21(25)24-12-10-16(11-13-24)15-4-2-1-3-5-15/h1-9,14,16H,10-13H2. The highest BCUT2D eigenvalue weighted by Crippen LogP contribution is 2.30. The summed E-state index contributed by atoms with van der Waals surface area (Å²) >= 11 is 7.43. The Bertz CT molecular complexity index is 884. The summed E-state index contributed by atoms with van der Waals surface area (Å²) in [5, 5.41) is 3.40. The van der Waals surface area contributed by atoms with Crippen molar-refractivity contribution in [2.24, 2.45) is 0 Å². The van der Waals surface area contributed by atoms with Gasteiger partial charge in [-0.3, -0.25) is 4.79 Å². The number of hydrogen-bond acceptors (Lipinski definition) is 3. The molecule has 4 rings (SSSR count). The van der Waals surface area contributed by atoms with Crippen molar-refractivity contribution in [3.63, 3.8) is 0 Å². The van der Waals surface area contributed by atoms with Gasteiger partial charge < -0.3 is 4.90 Å². The van der Waals surface area contributed by atoms with Gasteiger partial charge in [-0.15, -0.1) is 11.3 Å². The third kappa shape index (κ3) is 3.67. The van der Waals surface area contributed by atoms with Crippen LogP contribution >= 0.6 is 22.9 Å². The average Bonchev–Trinajstić information content (AvgIpc) is 3.19. The summed E-state index contributed by atoms with van der Waals surface area (Å²) in [7, 11) is 0. The molecule has 0 saturated carbocycles. The van der Waals surface area contributed by atoms with Crippen molar-refractivity contribution in [2.45, 2.75) is 18.8 Å². The molecule has 1 amide bonds. The summed E-state index contributed by atoms with van der Waals surface area (Å²) in [6, 6.07) is 18.1. The van der Waals surface area contributed by atoms with Gasteiger partial charge in [0.1, 0.15) is 10.7 Å². The third-order valence-electron chi connectivity index (χ3n) is 4.87. The van der Waals surface area contributed by atoms with Crippen LogP contribution in [0.1, 0.15) is 34.8 Å². The van der Waals surface area contributed by atoms with Crippen LogP contribution in [0.4, 0.5) is 0 Å². The summed E-state index contributed by atoms with van der Waals surface area (Å²) in [5.74, 6) is 0.577. The lowest BCUT2D eigenvalue weighted by Gasteiger charge is -2.31. The van der Waals surface area contributed by atoms with Crippen LogP contribution in [0.15, 0.2) is 60.0 Å². The number of carbonyl (C=O) groups is 1. The number of hydrogen-bond donors (Lipinski definition) is 0. The SMILES string of the molecule is O=C(c1csc(-c2ccc(Cl)cc2)n1)N1CCC(c2ccccc2)CC1. The maximum atomic E-state index is 12.8. The summed E-state index contributed by atoms with van der Waals surface area (Å²) in [5.41, 5.74) is 2.90. The van der Waals surface area contributed by atoms with Crippen LogP contribution in [-0.4, -0.2) is 28.9 Å². The molecular formula is C21H19ClN2OS. The van der Waals surface area contributed by atoms with Gasteiger partial charge in [-0.25, -0.2) is 4.98 Å². The van der Waals surface area contributed by atoms with Crippen LogP contribution in [0.3, 0.4) is 0 Å². The van der Waals surface area contributed by atoms with E-state index in [4.69, 9.17) is 11.6 Å². The number of likely N-dealkylation sites (tertiary alicyclic amines) is 1. The molecule has 0 unspecified atom stereocenters. The fourth-order valence-electron chi connectivity index (χ4n) is 3.40. The smallest absolute Gasteiger partial charge is 0.273 e. The van der Waals surface area contributed by atoms with Crippen molar-refractivity contribution in [2.75, 3.05) is 13.1 Å². The predicted molar refractivity (Wildman–Crippen MR) is 107 cm³/mol. The van der Waals surface area contributed by atoms with Crippen LogP contribution in [0, 0.1) is 0 Å². The molecule has 1 aliphatic heterocycles. The van der Waals surface area contributed by atoms with E-state index in [2.05, 4.69) is 29.2 Å². The lowest BCUT2D eigenvalue weighted by Crippen LogP contribution is -2.38. The van der Waals surface area contributed by atoms with Gasteiger partial charge in [-0.2, -0.15) is 0 Å². The molecule has 0 bridgehead atoms. The molecule has 132 valence electrons. The quantitative estimate of drug-likeness (QED) is 0.600. The Kier molecular flexibility index (Phi) is 5.05. The molecule has 0 N–H and O–H groups in total. The number of piperidine rings is 1. The van der Waals surface area contributed by atoms with Crippen LogP contribution < -0.4 is 0 Å². The largest absolute Gasteiger partial charge is 0.337 e. The number of thiazole rings is 1. The first kappa shape index (κ1) is 17.3. The molecule has 1 aliphatic rings. The van der Waals surface area contributed by atoms with E-state index in [0.717, 1.165) is 36.5 Å². The molecule has 0 atom stereocenters. The van der Waals surface area contributed by atoms with E-state index in [1.165, 1.54) is 16.9 Å². The van der Waals surface area contributed by atoms with Gasteiger partial charge in [0.05, 0.1) is 0 Å². The fourth-order valence-corrected chi connectivity index (χ4v) is 4.33. The van der Waals surface area contributed by atoms with Gasteiger partial charge in [-0.05, 0) is 36.5 Å². The Labute approximate surface area is 162 Å². The molecule has 0 spiro atoms. The lowest BCUT2D eigenvalue weighted by atomic mass is 9.89. The number of nitrogens with zero attached hydrogens (tertiary/aromatic N) is 2. The predicted octanol–water partition coefficient (Wildman–Crippen LogP) is 5.48. The molecule has 2 aromatic carbocycles. The molecule has 1 aromatic heterocycles. The van der Waals surface area contributed by atoms with Crippen molar-refractivity contribution in [3.8, 4) is 10.6 Å². The zero-order valence-corrected chi connectivity index (χ0v) is 15.8. The van der Waals surface area contributed by atoms with E-state index in [1.807, 2.05) is 40.6 Å². The summed E-state index contributed by atoms with van der Waals surface area (Å²) in [4.78, 5) is 19.3. The maximum Gasteiger partial charge on any atom is 0.273 e. The second kappa shape index (κ2) is 7.60. The molecule has 3 nitrogen and oxygen atoms in total. The molecule has 1 saturated heterocycles. The fraction of sp³-hybridized carbons (Fsp3) is 0.238. The summed E-state index contributed by atoms with van der Waals surface area (Å²) in [6.07, 6.45) is 2.01. The zero-order chi connectivity index (χ0) is 17.9. The van der Waals surface area contributed by atoms with Crippen molar-refractivity contribution in [1.82, 2.24) is 9.88 Å². The number of rotatable bonds is 3. The van der Waals surface area contributed by atoms with Crippen molar-refractivity contribution in [1.29, 1.82) is 0 Å². The third-order valence-corrected chi connectivity index (χ3v) is 6.01. The summed E-state index contributed by atoms with van der Waals surface area (Å²) in [6.45, 7) is 1.57. The molecule has 26 heavy (non-hydrogen) atoms. The highest BCUT2D eigenvalue weighted by molar-refractivity contribution is 7.13. The minimum Gasteiger partial charge on any atom is -0.337 e. The minimum absolute atomic E-state index is 0.0352. The number of amides is 1. The molecular weight excluding hydrogens is 364 g/mol. The highest BCUT2D eigenvalue weighted by Gasteiger charge is 2.25. The molecule has 0 radical (unpaired) electrons. The summed E-state index contributed by atoms with van der Waals surface area (Å²) < 4.78 is 0. The number of benzene rings is 2. The average molecular weight is 383 g/mol. The molecule has 1 fully saturated rings. The van der Waals surface area contributed by atoms with E-state index in [1.54, 1.807) is 0 Å². The van der Waals surface area contributed by atoms with Gasteiger partial charge in [0, 0.05) is 29.1 Å². The van der Waals surface area contributed by atoms with Crippen LogP contribution in [0.5, 0.6) is 0 Å². The number of carbonyl (C=O) groups excluding carboxylic acids is 1. The topological polar surface area (TPSA) is 33.2 Å². The highest BCUT2D eigenvalue weighted by atomic mass is 35.5. The van der Waals surface area contributed by atoms with Gasteiger partial charge in [-0.1, -0.05) is 54.1 Å². The second-order valence-corrected chi connectivity index (χ2v) is 7.82. The second-order valence-electron chi connectivity index (χ2n) is 6.52. The van der Waals surface area contributed by atoms with E-state index < -0.39 is 0 Å². The van der Waals surface area contributed by atoms with E-state index in [-0.39, 0.29) is 5.91 Å². The minimum atomic E-state index is 0.0352. The van der Waals surface area contributed by atoms with Crippen LogP contribution in [0.25, 0.3) is 10.6 Å². The zero-order valence-electron chi connectivity index (χ0n) is 14.3. The van der Waals surface area contributed by atoms with Crippen molar-refractivity contribution < 1.29 is 4.79 Å². The van der Waals surface area contributed by atoms with Crippen LogP contribution in [0.2, 0.25) is 5.02 Å². The molecule has 2 heterocycles. The Hall–Kier alpha value is -2.17. The lowest BCUT2D eigenvalue weighted by molar-refractivity contribution is 0.0708. The molecule has 5 heteroatoms. The molecule has 3 aromatic rings. The van der Waals surface area contributed by atoms with Gasteiger partial charge >= 0.3 is 0 Å². The van der Waals surface area contributed by atoms with E-state index >= 15 is 0 Å². The van der Waals surface area contributed by atoms with Crippen molar-refractivity contribution >= 4 is 28.8 Å². The van der Waals surface area contributed by atoms with Crippen molar-refractivity contribution in [3.05, 3.63) is 76.3 Å². The van der Waals surface area contributed by atoms with E-state index in [0.29, 0.717) is 16.6 Å². The Morgan fingerprint density at radius 3 is 2.42 bits per heavy atom. The first-order chi connectivity index (χ1) is 12.7. The van der Waals surface area contributed by atoms with Gasteiger partial charge in [0.25, 0.3) is 5.91 Å². The van der Waals surface area contributed by atoms with Gasteiger partial charge in [0.15, 0.2) is 0 Å². The van der Waals surface area contributed by atoms with Crippen LogP contribution in [-0.2, 0) is 0 Å². The first-order valence-corrected chi connectivity index (χ1v) is 10.0. The normalized spacial score (nSPS) is 15.2. The number of aromatic nitrogens is 1.